The van der Waals surface area contributed by atoms with Gasteiger partial charge in [0.15, 0.2) is 5.82 Å². The Bertz CT molecular complexity index is 1300. The maximum absolute atomic E-state index is 6.27. The molecular formula is C30H38N6. The fraction of sp³-hybridized carbons (Fsp3) is 0.400. The Morgan fingerprint density at radius 2 is 1.89 bits per heavy atom. The zero-order chi connectivity index (χ0) is 24.9. The highest BCUT2D eigenvalue weighted by Crippen LogP contribution is 2.41. The van der Waals surface area contributed by atoms with Crippen LogP contribution in [-0.2, 0) is 13.0 Å². The van der Waals surface area contributed by atoms with Crippen molar-refractivity contribution in [3.05, 3.63) is 71.5 Å². The Hall–Kier alpha value is -3.38. The van der Waals surface area contributed by atoms with Crippen LogP contribution in [0.1, 0.15) is 74.5 Å². The van der Waals surface area contributed by atoms with Gasteiger partial charge in [-0.15, -0.1) is 0 Å². The smallest absolute Gasteiger partial charge is 0.151 e. The van der Waals surface area contributed by atoms with Gasteiger partial charge in [-0.1, -0.05) is 74.7 Å². The lowest BCUT2D eigenvalue weighted by atomic mass is 9.93. The van der Waals surface area contributed by atoms with E-state index < -0.39 is 0 Å². The molecule has 4 aromatic rings. The van der Waals surface area contributed by atoms with Gasteiger partial charge >= 0.3 is 0 Å². The van der Waals surface area contributed by atoms with E-state index in [2.05, 4.69) is 75.7 Å². The van der Waals surface area contributed by atoms with Gasteiger partial charge in [-0.3, -0.25) is 0 Å². The van der Waals surface area contributed by atoms with Crippen LogP contribution in [0.25, 0.3) is 22.2 Å². The normalized spacial score (nSPS) is 17.6. The number of rotatable bonds is 10. The van der Waals surface area contributed by atoms with E-state index in [1.807, 2.05) is 0 Å². The molecule has 6 heteroatoms. The Kier molecular flexibility index (Phi) is 7.52. The average molecular weight is 483 g/mol. The minimum atomic E-state index is 0.243. The molecule has 2 heterocycles. The number of aromatic nitrogens is 3. The monoisotopic (exact) mass is 482 g/mol. The predicted octanol–water partition coefficient (Wildman–Crippen LogP) is 6.54. The summed E-state index contributed by atoms with van der Waals surface area (Å²) < 4.78 is 0. The summed E-state index contributed by atoms with van der Waals surface area (Å²) in [5.74, 6) is 1.85. The van der Waals surface area contributed by atoms with Crippen LogP contribution in [-0.4, -0.2) is 21.0 Å². The van der Waals surface area contributed by atoms with Crippen molar-refractivity contribution in [2.75, 3.05) is 11.1 Å². The van der Waals surface area contributed by atoms with Gasteiger partial charge in [0, 0.05) is 18.2 Å². The molecule has 1 unspecified atom stereocenters. The first-order chi connectivity index (χ1) is 17.6. The van der Waals surface area contributed by atoms with E-state index in [4.69, 9.17) is 11.5 Å². The Morgan fingerprint density at radius 3 is 2.67 bits per heavy atom. The quantitative estimate of drug-likeness (QED) is 0.192. The summed E-state index contributed by atoms with van der Waals surface area (Å²) in [6, 6.07) is 17.9. The molecule has 1 fully saturated rings. The van der Waals surface area contributed by atoms with Crippen molar-refractivity contribution < 1.29 is 0 Å². The summed E-state index contributed by atoms with van der Waals surface area (Å²) in [6.07, 6.45) is 10.8. The third-order valence-electron chi connectivity index (χ3n) is 7.56. The summed E-state index contributed by atoms with van der Waals surface area (Å²) >= 11 is 0. The number of fused-ring (bicyclic) bond motifs is 1. The van der Waals surface area contributed by atoms with Crippen molar-refractivity contribution in [2.45, 2.75) is 76.8 Å². The van der Waals surface area contributed by atoms with Gasteiger partial charge in [-0.05, 0) is 60.3 Å². The summed E-state index contributed by atoms with van der Waals surface area (Å²) in [5, 5.41) is 3.68. The highest BCUT2D eigenvalue weighted by atomic mass is 15.0. The number of benzene rings is 2. The lowest BCUT2D eigenvalue weighted by molar-refractivity contribution is 0.667. The van der Waals surface area contributed by atoms with E-state index in [1.165, 1.54) is 53.5 Å². The standard InChI is InChI=1S/C30H38N6/c1-2-3-4-6-11-22-16-20(12-15-25(22)21-9-7-5-8-10-21)18-33-30-26(23-13-14-24(31)17-23)27-28(36-30)29(32)35-19-34-27/h5,7-10,12,15-16,19,23-24,33,36H,2-4,6,11,13-14,17-18,31H2,1H3,(H2,32,34,35)/t23-,24?/m0/s1. The second-order valence-electron chi connectivity index (χ2n) is 10.2. The maximum Gasteiger partial charge on any atom is 0.151 e. The molecule has 36 heavy (non-hydrogen) atoms. The van der Waals surface area contributed by atoms with Gasteiger partial charge in [-0.2, -0.15) is 0 Å². The van der Waals surface area contributed by atoms with Crippen molar-refractivity contribution in [2.24, 2.45) is 5.73 Å². The molecule has 1 aliphatic rings. The molecule has 0 spiro atoms. The van der Waals surface area contributed by atoms with Gasteiger partial charge in [0.25, 0.3) is 0 Å². The van der Waals surface area contributed by atoms with E-state index in [0.29, 0.717) is 11.7 Å². The molecule has 2 atom stereocenters. The van der Waals surface area contributed by atoms with Crippen molar-refractivity contribution in [3.63, 3.8) is 0 Å². The molecule has 0 bridgehead atoms. The molecule has 6 nitrogen and oxygen atoms in total. The van der Waals surface area contributed by atoms with Crippen LogP contribution in [0.4, 0.5) is 11.6 Å². The van der Waals surface area contributed by atoms with E-state index in [0.717, 1.165) is 49.1 Å². The molecule has 5 rings (SSSR count). The first-order valence-corrected chi connectivity index (χ1v) is 13.4. The number of unbranched alkanes of at least 4 members (excludes halogenated alkanes) is 3. The number of nitrogen functional groups attached to an aromatic ring is 1. The molecule has 0 radical (unpaired) electrons. The lowest BCUT2D eigenvalue weighted by Gasteiger charge is -2.15. The van der Waals surface area contributed by atoms with Gasteiger partial charge < -0.3 is 21.8 Å². The van der Waals surface area contributed by atoms with Crippen LogP contribution in [0.15, 0.2) is 54.9 Å². The first kappa shape index (κ1) is 24.3. The summed E-state index contributed by atoms with van der Waals surface area (Å²) in [6.45, 7) is 2.99. The minimum Gasteiger partial charge on any atom is -0.382 e. The Labute approximate surface area is 213 Å². The molecule has 0 aliphatic heterocycles. The van der Waals surface area contributed by atoms with Crippen LogP contribution in [0, 0.1) is 0 Å². The maximum atomic E-state index is 6.27. The summed E-state index contributed by atoms with van der Waals surface area (Å²) in [5.41, 5.74) is 20.7. The molecule has 6 N–H and O–H groups in total. The number of anilines is 2. The number of aromatic amines is 1. The highest BCUT2D eigenvalue weighted by molar-refractivity contribution is 5.92. The van der Waals surface area contributed by atoms with Crippen LogP contribution in [0.2, 0.25) is 0 Å². The van der Waals surface area contributed by atoms with E-state index in [1.54, 1.807) is 6.33 Å². The van der Waals surface area contributed by atoms with Crippen LogP contribution >= 0.6 is 0 Å². The van der Waals surface area contributed by atoms with Gasteiger partial charge in [0.1, 0.15) is 17.7 Å². The first-order valence-electron chi connectivity index (χ1n) is 13.4. The van der Waals surface area contributed by atoms with Crippen molar-refractivity contribution in [3.8, 4) is 11.1 Å². The number of hydrogen-bond acceptors (Lipinski definition) is 5. The molecular weight excluding hydrogens is 444 g/mol. The number of hydrogen-bond donors (Lipinski definition) is 4. The fourth-order valence-electron chi connectivity index (χ4n) is 5.65. The third-order valence-corrected chi connectivity index (χ3v) is 7.56. The van der Waals surface area contributed by atoms with E-state index in [-0.39, 0.29) is 6.04 Å². The van der Waals surface area contributed by atoms with Gasteiger partial charge in [0.2, 0.25) is 0 Å². The van der Waals surface area contributed by atoms with E-state index in [9.17, 15) is 0 Å². The van der Waals surface area contributed by atoms with Gasteiger partial charge in [0.05, 0.1) is 5.52 Å². The van der Waals surface area contributed by atoms with Crippen molar-refractivity contribution in [1.29, 1.82) is 0 Å². The largest absolute Gasteiger partial charge is 0.382 e. The van der Waals surface area contributed by atoms with E-state index >= 15 is 0 Å². The zero-order valence-electron chi connectivity index (χ0n) is 21.3. The Balaban J connectivity index is 1.42. The molecule has 0 saturated heterocycles. The number of nitrogens with zero attached hydrogens (tertiary/aromatic N) is 2. The highest BCUT2D eigenvalue weighted by Gasteiger charge is 2.29. The fourth-order valence-corrected chi connectivity index (χ4v) is 5.65. The van der Waals surface area contributed by atoms with Gasteiger partial charge in [-0.25, -0.2) is 9.97 Å². The van der Waals surface area contributed by atoms with Crippen LogP contribution < -0.4 is 16.8 Å². The molecule has 0 amide bonds. The topological polar surface area (TPSA) is 106 Å². The van der Waals surface area contributed by atoms with Crippen LogP contribution in [0.3, 0.4) is 0 Å². The summed E-state index contributed by atoms with van der Waals surface area (Å²) in [7, 11) is 0. The number of H-pyrrole nitrogens is 1. The SMILES string of the molecule is CCCCCCc1cc(CNc2[nH]c3c(N)ncnc3c2[C@H]2CCC(N)C2)ccc1-c1ccccc1. The Morgan fingerprint density at radius 1 is 1.03 bits per heavy atom. The zero-order valence-corrected chi connectivity index (χ0v) is 21.3. The predicted molar refractivity (Wildman–Crippen MR) is 150 cm³/mol. The summed E-state index contributed by atoms with van der Waals surface area (Å²) in [4.78, 5) is 12.3. The third kappa shape index (κ3) is 5.24. The van der Waals surface area contributed by atoms with Crippen LogP contribution in [0.5, 0.6) is 0 Å². The minimum absolute atomic E-state index is 0.243. The second-order valence-corrected chi connectivity index (χ2v) is 10.2. The second kappa shape index (κ2) is 11.1. The number of aryl methyl sites for hydroxylation is 1. The lowest BCUT2D eigenvalue weighted by Crippen LogP contribution is -2.14. The molecule has 1 saturated carbocycles. The number of nitrogens with two attached hydrogens (primary N) is 2. The molecule has 2 aromatic carbocycles. The molecule has 2 aromatic heterocycles. The average Bonchev–Trinajstić information content (AvgIpc) is 3.49. The molecule has 1 aliphatic carbocycles. The van der Waals surface area contributed by atoms with Crippen molar-refractivity contribution >= 4 is 22.7 Å². The van der Waals surface area contributed by atoms with Crippen molar-refractivity contribution in [1.82, 2.24) is 15.0 Å². The molecule has 188 valence electrons. The number of nitrogens with one attached hydrogen (secondary N) is 2.